The number of aromatic nitrogens is 2. The molecule has 0 radical (unpaired) electrons. The zero-order valence-corrected chi connectivity index (χ0v) is 9.66. The van der Waals surface area contributed by atoms with E-state index < -0.39 is 12.1 Å². The van der Waals surface area contributed by atoms with Crippen LogP contribution in [0.15, 0.2) is 6.33 Å². The Labute approximate surface area is 94.0 Å². The van der Waals surface area contributed by atoms with Crippen molar-refractivity contribution in [2.24, 2.45) is 0 Å². The van der Waals surface area contributed by atoms with Gasteiger partial charge in [-0.25, -0.2) is 14.4 Å². The molecule has 0 atom stereocenters. The van der Waals surface area contributed by atoms with Crippen LogP contribution in [0.25, 0.3) is 0 Å². The van der Waals surface area contributed by atoms with Gasteiger partial charge in [-0.3, -0.25) is 0 Å². The van der Waals surface area contributed by atoms with Crippen LogP contribution in [0.4, 0.5) is 10.2 Å². The van der Waals surface area contributed by atoms with E-state index >= 15 is 0 Å². The summed E-state index contributed by atoms with van der Waals surface area (Å²) in [5.74, 6) is -0.248. The zero-order chi connectivity index (χ0) is 12.0. The van der Waals surface area contributed by atoms with E-state index in [1.165, 1.54) is 20.5 Å². The Morgan fingerprint density at radius 3 is 2.62 bits per heavy atom. The molecule has 1 heterocycles. The molecule has 1 rings (SSSR count). The maximum Gasteiger partial charge on any atom is 0.186 e. The van der Waals surface area contributed by atoms with Crippen molar-refractivity contribution in [1.82, 2.24) is 9.97 Å². The highest BCUT2D eigenvalue weighted by atomic mass is 19.1. The SMILES string of the molecule is CCc1ncnc(NCC(OC)OC)c1F. The molecule has 16 heavy (non-hydrogen) atoms. The number of ether oxygens (including phenoxy) is 2. The molecule has 0 fully saturated rings. The molecule has 0 amide bonds. The van der Waals surface area contributed by atoms with E-state index in [9.17, 15) is 4.39 Å². The van der Waals surface area contributed by atoms with Crippen molar-refractivity contribution in [3.63, 3.8) is 0 Å². The van der Waals surface area contributed by atoms with Crippen LogP contribution in [0.3, 0.4) is 0 Å². The van der Waals surface area contributed by atoms with Crippen molar-refractivity contribution in [3.05, 3.63) is 17.8 Å². The topological polar surface area (TPSA) is 56.3 Å². The van der Waals surface area contributed by atoms with E-state index in [1.807, 2.05) is 6.92 Å². The monoisotopic (exact) mass is 229 g/mol. The molecule has 0 saturated carbocycles. The highest BCUT2D eigenvalue weighted by Crippen LogP contribution is 2.13. The second-order valence-corrected chi connectivity index (χ2v) is 3.12. The number of rotatable bonds is 6. The van der Waals surface area contributed by atoms with Gasteiger partial charge in [0.25, 0.3) is 0 Å². The minimum Gasteiger partial charge on any atom is -0.362 e. The second kappa shape index (κ2) is 6.34. The molecule has 0 spiro atoms. The number of anilines is 1. The van der Waals surface area contributed by atoms with Crippen molar-refractivity contribution >= 4 is 5.82 Å². The normalized spacial score (nSPS) is 10.8. The van der Waals surface area contributed by atoms with Gasteiger partial charge in [0.05, 0.1) is 12.2 Å². The summed E-state index contributed by atoms with van der Waals surface area (Å²) in [5.41, 5.74) is 0.392. The van der Waals surface area contributed by atoms with Crippen LogP contribution in [0.1, 0.15) is 12.6 Å². The molecule has 5 nitrogen and oxygen atoms in total. The van der Waals surface area contributed by atoms with E-state index in [2.05, 4.69) is 15.3 Å². The van der Waals surface area contributed by atoms with Gasteiger partial charge in [0.2, 0.25) is 0 Å². The van der Waals surface area contributed by atoms with Gasteiger partial charge in [0, 0.05) is 14.2 Å². The Kier molecular flexibility index (Phi) is 5.07. The van der Waals surface area contributed by atoms with Crippen LogP contribution in [-0.2, 0) is 15.9 Å². The van der Waals surface area contributed by atoms with Gasteiger partial charge in [-0.05, 0) is 6.42 Å². The van der Waals surface area contributed by atoms with E-state index in [4.69, 9.17) is 9.47 Å². The number of nitrogens with zero attached hydrogens (tertiary/aromatic N) is 2. The van der Waals surface area contributed by atoms with E-state index in [0.717, 1.165) is 0 Å². The minimum absolute atomic E-state index is 0.172. The Balaban J connectivity index is 2.66. The highest BCUT2D eigenvalue weighted by Gasteiger charge is 2.11. The fourth-order valence-electron chi connectivity index (χ4n) is 1.22. The molecule has 0 aromatic carbocycles. The van der Waals surface area contributed by atoms with Crippen LogP contribution < -0.4 is 5.32 Å². The number of hydrogen-bond donors (Lipinski definition) is 1. The minimum atomic E-state index is -0.431. The Bertz CT molecular complexity index is 332. The number of aryl methyl sites for hydroxylation is 1. The predicted molar refractivity (Wildman–Crippen MR) is 57.7 cm³/mol. The Morgan fingerprint density at radius 1 is 1.38 bits per heavy atom. The van der Waals surface area contributed by atoms with Crippen LogP contribution in [0, 0.1) is 5.82 Å². The van der Waals surface area contributed by atoms with Crippen molar-refractivity contribution in [2.45, 2.75) is 19.6 Å². The third-order valence-corrected chi connectivity index (χ3v) is 2.16. The summed E-state index contributed by atoms with van der Waals surface area (Å²) in [4.78, 5) is 7.66. The molecule has 0 bridgehead atoms. The molecular formula is C10H16FN3O2. The third-order valence-electron chi connectivity index (χ3n) is 2.16. The van der Waals surface area contributed by atoms with Gasteiger partial charge < -0.3 is 14.8 Å². The van der Waals surface area contributed by atoms with E-state index in [0.29, 0.717) is 18.7 Å². The average Bonchev–Trinajstić information content (AvgIpc) is 2.32. The second-order valence-electron chi connectivity index (χ2n) is 3.12. The first-order valence-corrected chi connectivity index (χ1v) is 5.01. The van der Waals surface area contributed by atoms with Gasteiger partial charge in [0.15, 0.2) is 17.9 Å². The van der Waals surface area contributed by atoms with E-state index in [1.54, 1.807) is 0 Å². The molecule has 0 aliphatic carbocycles. The van der Waals surface area contributed by atoms with Gasteiger partial charge in [-0.2, -0.15) is 0 Å². The lowest BCUT2D eigenvalue weighted by Crippen LogP contribution is -2.24. The molecule has 1 N–H and O–H groups in total. The van der Waals surface area contributed by atoms with Gasteiger partial charge in [-0.1, -0.05) is 6.92 Å². The third kappa shape index (κ3) is 3.11. The summed E-state index contributed by atoms with van der Waals surface area (Å²) in [5, 5.41) is 2.81. The standard InChI is InChI=1S/C10H16FN3O2/c1-4-7-9(11)10(14-6-13-7)12-5-8(15-2)16-3/h6,8H,4-5H2,1-3H3,(H,12,13,14). The molecule has 0 unspecified atom stereocenters. The lowest BCUT2D eigenvalue weighted by atomic mass is 10.3. The molecule has 1 aromatic heterocycles. The largest absolute Gasteiger partial charge is 0.362 e. The highest BCUT2D eigenvalue weighted by molar-refractivity contribution is 5.37. The maximum absolute atomic E-state index is 13.7. The number of halogens is 1. The van der Waals surface area contributed by atoms with Crippen LogP contribution >= 0.6 is 0 Å². The summed E-state index contributed by atoms with van der Waals surface area (Å²) < 4.78 is 23.6. The Hall–Kier alpha value is -1.27. The van der Waals surface area contributed by atoms with Crippen LogP contribution in [0.5, 0.6) is 0 Å². The summed E-state index contributed by atoms with van der Waals surface area (Å²) in [6.45, 7) is 2.16. The first-order valence-electron chi connectivity index (χ1n) is 5.01. The smallest absolute Gasteiger partial charge is 0.186 e. The first-order chi connectivity index (χ1) is 7.72. The molecule has 0 saturated heterocycles. The molecule has 1 aromatic rings. The number of hydrogen-bond acceptors (Lipinski definition) is 5. The first kappa shape index (κ1) is 12.8. The van der Waals surface area contributed by atoms with Crippen LogP contribution in [-0.4, -0.2) is 37.0 Å². The van der Waals surface area contributed by atoms with E-state index in [-0.39, 0.29) is 5.82 Å². The van der Waals surface area contributed by atoms with Gasteiger partial charge in [-0.15, -0.1) is 0 Å². The quantitative estimate of drug-likeness (QED) is 0.743. The summed E-state index contributed by atoms with van der Waals surface area (Å²) in [6, 6.07) is 0. The molecule has 6 heteroatoms. The zero-order valence-electron chi connectivity index (χ0n) is 9.66. The summed E-state index contributed by atoms with van der Waals surface area (Å²) in [7, 11) is 3.04. The van der Waals surface area contributed by atoms with Crippen LogP contribution in [0.2, 0.25) is 0 Å². The summed E-state index contributed by atoms with van der Waals surface area (Å²) >= 11 is 0. The van der Waals surface area contributed by atoms with Crippen molar-refractivity contribution in [2.75, 3.05) is 26.1 Å². The lowest BCUT2D eigenvalue weighted by Gasteiger charge is -2.14. The molecule has 0 aliphatic rings. The fourth-order valence-corrected chi connectivity index (χ4v) is 1.22. The molecule has 90 valence electrons. The molecule has 0 aliphatic heterocycles. The maximum atomic E-state index is 13.7. The number of nitrogens with one attached hydrogen (secondary N) is 1. The van der Waals surface area contributed by atoms with Crippen molar-refractivity contribution in [3.8, 4) is 0 Å². The lowest BCUT2D eigenvalue weighted by molar-refractivity contribution is -0.0914. The van der Waals surface area contributed by atoms with Gasteiger partial charge >= 0.3 is 0 Å². The Morgan fingerprint density at radius 2 is 2.06 bits per heavy atom. The van der Waals surface area contributed by atoms with Gasteiger partial charge in [0.1, 0.15) is 6.33 Å². The predicted octanol–water partition coefficient (Wildman–Crippen LogP) is 1.21. The fraction of sp³-hybridized carbons (Fsp3) is 0.600. The summed E-state index contributed by atoms with van der Waals surface area (Å²) in [6.07, 6.45) is 1.43. The number of methoxy groups -OCH3 is 2. The molecular weight excluding hydrogens is 213 g/mol. The average molecular weight is 229 g/mol. The van der Waals surface area contributed by atoms with Crippen molar-refractivity contribution < 1.29 is 13.9 Å². The van der Waals surface area contributed by atoms with Crippen molar-refractivity contribution in [1.29, 1.82) is 0 Å².